The first-order valence-corrected chi connectivity index (χ1v) is 6.12. The summed E-state index contributed by atoms with van der Waals surface area (Å²) >= 11 is 0. The van der Waals surface area contributed by atoms with Crippen LogP contribution < -0.4 is 5.32 Å². The molecule has 16 heavy (non-hydrogen) atoms. The second-order valence-electron chi connectivity index (χ2n) is 4.56. The highest BCUT2D eigenvalue weighted by Crippen LogP contribution is 2.24. The van der Waals surface area contributed by atoms with E-state index in [4.69, 9.17) is 0 Å². The van der Waals surface area contributed by atoms with E-state index in [0.717, 1.165) is 12.8 Å². The maximum atomic E-state index is 11.7. The van der Waals surface area contributed by atoms with Crippen LogP contribution in [0.1, 0.15) is 44.2 Å². The molecule has 0 amide bonds. The average Bonchev–Trinajstić information content (AvgIpc) is 2.30. The molecule has 2 rings (SSSR count). The Hall–Kier alpha value is -1.15. The maximum absolute atomic E-state index is 11.7. The molecular formula is C14H19NO. The van der Waals surface area contributed by atoms with Crippen molar-refractivity contribution >= 4 is 5.78 Å². The number of hydrogen-bond acceptors (Lipinski definition) is 2. The van der Waals surface area contributed by atoms with Gasteiger partial charge in [0.15, 0.2) is 0 Å². The Labute approximate surface area is 97.1 Å². The van der Waals surface area contributed by atoms with Gasteiger partial charge in [0, 0.05) is 24.9 Å². The van der Waals surface area contributed by atoms with Gasteiger partial charge in [-0.15, -0.1) is 0 Å². The van der Waals surface area contributed by atoms with Crippen molar-refractivity contribution in [2.45, 2.75) is 44.7 Å². The molecule has 0 bridgehead atoms. The molecule has 1 aromatic rings. The minimum absolute atomic E-state index is 0.221. The van der Waals surface area contributed by atoms with E-state index in [9.17, 15) is 4.79 Å². The summed E-state index contributed by atoms with van der Waals surface area (Å²) in [6, 6.07) is 10.9. The van der Waals surface area contributed by atoms with Crippen LogP contribution in [0, 0.1) is 0 Å². The van der Waals surface area contributed by atoms with Gasteiger partial charge in [-0.2, -0.15) is 0 Å². The van der Waals surface area contributed by atoms with Crippen molar-refractivity contribution in [2.75, 3.05) is 0 Å². The Balaban J connectivity index is 2.07. The number of piperidine rings is 1. The molecule has 0 saturated carbocycles. The van der Waals surface area contributed by atoms with E-state index in [2.05, 4.69) is 24.4 Å². The summed E-state index contributed by atoms with van der Waals surface area (Å²) in [6.45, 7) is 2.16. The van der Waals surface area contributed by atoms with Crippen LogP contribution in [-0.4, -0.2) is 11.8 Å². The highest BCUT2D eigenvalue weighted by Gasteiger charge is 2.26. The fourth-order valence-corrected chi connectivity index (χ4v) is 2.42. The van der Waals surface area contributed by atoms with Crippen LogP contribution >= 0.6 is 0 Å². The molecule has 0 radical (unpaired) electrons. The number of carbonyl (C=O) groups is 1. The predicted octanol–water partition coefficient (Wildman–Crippen LogP) is 2.85. The van der Waals surface area contributed by atoms with Gasteiger partial charge in [-0.05, 0) is 12.0 Å². The molecule has 2 nitrogen and oxygen atoms in total. The number of nitrogens with one attached hydrogen (secondary N) is 1. The topological polar surface area (TPSA) is 29.1 Å². The molecule has 1 aliphatic heterocycles. The first-order chi connectivity index (χ1) is 7.79. The largest absolute Gasteiger partial charge is 0.306 e. The molecule has 1 heterocycles. The van der Waals surface area contributed by atoms with Gasteiger partial charge in [0.05, 0.1) is 0 Å². The number of hydrogen-bond donors (Lipinski definition) is 1. The minimum atomic E-state index is 0.221. The fourth-order valence-electron chi connectivity index (χ4n) is 2.42. The molecule has 2 atom stereocenters. The minimum Gasteiger partial charge on any atom is -0.306 e. The third-order valence-electron chi connectivity index (χ3n) is 3.18. The number of ketones is 1. The van der Waals surface area contributed by atoms with Crippen LogP contribution in [0.15, 0.2) is 30.3 Å². The molecule has 1 aromatic carbocycles. The predicted molar refractivity (Wildman–Crippen MR) is 65.3 cm³/mol. The summed E-state index contributed by atoms with van der Waals surface area (Å²) in [5.41, 5.74) is 1.23. The Morgan fingerprint density at radius 1 is 1.25 bits per heavy atom. The van der Waals surface area contributed by atoms with E-state index in [0.29, 0.717) is 24.7 Å². The van der Waals surface area contributed by atoms with E-state index < -0.39 is 0 Å². The molecule has 2 heteroatoms. The van der Waals surface area contributed by atoms with Crippen molar-refractivity contribution in [1.29, 1.82) is 0 Å². The molecule has 1 N–H and O–H groups in total. The molecule has 1 fully saturated rings. The van der Waals surface area contributed by atoms with Gasteiger partial charge >= 0.3 is 0 Å². The van der Waals surface area contributed by atoms with E-state index in [1.165, 1.54) is 5.56 Å². The first kappa shape index (κ1) is 11.3. The molecule has 0 aliphatic carbocycles. The monoisotopic (exact) mass is 217 g/mol. The molecule has 0 aromatic heterocycles. The van der Waals surface area contributed by atoms with E-state index in [1.807, 2.05) is 18.2 Å². The van der Waals surface area contributed by atoms with Gasteiger partial charge in [-0.1, -0.05) is 43.7 Å². The maximum Gasteiger partial charge on any atom is 0.136 e. The number of benzene rings is 1. The van der Waals surface area contributed by atoms with E-state index >= 15 is 0 Å². The van der Waals surface area contributed by atoms with Gasteiger partial charge in [0.25, 0.3) is 0 Å². The quantitative estimate of drug-likeness (QED) is 0.843. The van der Waals surface area contributed by atoms with E-state index in [-0.39, 0.29) is 6.04 Å². The van der Waals surface area contributed by atoms with Gasteiger partial charge in [-0.25, -0.2) is 0 Å². The van der Waals surface area contributed by atoms with Crippen LogP contribution in [-0.2, 0) is 4.79 Å². The molecule has 0 spiro atoms. The standard InChI is InChI=1S/C14H19NO/c1-2-6-12-9-13(16)10-14(15-12)11-7-4-3-5-8-11/h3-5,7-8,12,14-15H,2,6,9-10H2,1H3. The van der Waals surface area contributed by atoms with Crippen molar-refractivity contribution < 1.29 is 4.79 Å². The van der Waals surface area contributed by atoms with Gasteiger partial charge in [0.1, 0.15) is 5.78 Å². The summed E-state index contributed by atoms with van der Waals surface area (Å²) in [5, 5.41) is 3.58. The van der Waals surface area contributed by atoms with Crippen LogP contribution in [0.5, 0.6) is 0 Å². The summed E-state index contributed by atoms with van der Waals surface area (Å²) in [4.78, 5) is 11.7. The molecular weight excluding hydrogens is 198 g/mol. The Bertz CT molecular complexity index is 347. The number of carbonyl (C=O) groups excluding carboxylic acids is 1. The summed E-state index contributed by atoms with van der Waals surface area (Å²) in [7, 11) is 0. The smallest absolute Gasteiger partial charge is 0.136 e. The molecule has 2 unspecified atom stereocenters. The lowest BCUT2D eigenvalue weighted by Crippen LogP contribution is -2.40. The normalized spacial score (nSPS) is 25.7. The van der Waals surface area contributed by atoms with Crippen molar-refractivity contribution in [3.8, 4) is 0 Å². The number of Topliss-reactive ketones (excluding diaryl/α,β-unsaturated/α-hetero) is 1. The second kappa shape index (κ2) is 5.26. The van der Waals surface area contributed by atoms with Crippen LogP contribution in [0.2, 0.25) is 0 Å². The van der Waals surface area contributed by atoms with Gasteiger partial charge in [0.2, 0.25) is 0 Å². The van der Waals surface area contributed by atoms with Crippen molar-refractivity contribution in [1.82, 2.24) is 5.32 Å². The second-order valence-corrected chi connectivity index (χ2v) is 4.56. The Morgan fingerprint density at radius 3 is 2.69 bits per heavy atom. The zero-order chi connectivity index (χ0) is 11.4. The average molecular weight is 217 g/mol. The lowest BCUT2D eigenvalue weighted by Gasteiger charge is -2.30. The first-order valence-electron chi connectivity index (χ1n) is 6.12. The third kappa shape index (κ3) is 2.70. The fraction of sp³-hybridized carbons (Fsp3) is 0.500. The van der Waals surface area contributed by atoms with Gasteiger partial charge in [-0.3, -0.25) is 4.79 Å². The highest BCUT2D eigenvalue weighted by atomic mass is 16.1. The molecule has 1 aliphatic rings. The van der Waals surface area contributed by atoms with E-state index in [1.54, 1.807) is 0 Å². The van der Waals surface area contributed by atoms with Crippen LogP contribution in [0.25, 0.3) is 0 Å². The van der Waals surface area contributed by atoms with Crippen LogP contribution in [0.3, 0.4) is 0 Å². The zero-order valence-electron chi connectivity index (χ0n) is 9.78. The van der Waals surface area contributed by atoms with Crippen molar-refractivity contribution in [3.05, 3.63) is 35.9 Å². The Kier molecular flexibility index (Phi) is 3.73. The summed E-state index contributed by atoms with van der Waals surface area (Å²) in [6.07, 6.45) is 3.57. The SMILES string of the molecule is CCCC1CC(=O)CC(c2ccccc2)N1. The lowest BCUT2D eigenvalue weighted by molar-refractivity contribution is -0.121. The lowest BCUT2D eigenvalue weighted by atomic mass is 9.91. The number of rotatable bonds is 3. The summed E-state index contributed by atoms with van der Waals surface area (Å²) < 4.78 is 0. The van der Waals surface area contributed by atoms with Crippen molar-refractivity contribution in [2.24, 2.45) is 0 Å². The van der Waals surface area contributed by atoms with Crippen LogP contribution in [0.4, 0.5) is 0 Å². The zero-order valence-corrected chi connectivity index (χ0v) is 9.78. The summed E-state index contributed by atoms with van der Waals surface area (Å²) in [5.74, 6) is 0.394. The van der Waals surface area contributed by atoms with Crippen molar-refractivity contribution in [3.63, 3.8) is 0 Å². The molecule has 1 saturated heterocycles. The molecule has 86 valence electrons. The third-order valence-corrected chi connectivity index (χ3v) is 3.18. The Morgan fingerprint density at radius 2 is 2.00 bits per heavy atom. The van der Waals surface area contributed by atoms with Gasteiger partial charge < -0.3 is 5.32 Å². The highest BCUT2D eigenvalue weighted by molar-refractivity contribution is 5.80.